The van der Waals surface area contributed by atoms with Crippen molar-refractivity contribution in [3.05, 3.63) is 96.4 Å². The standard InChI is InChI=1S/C26H23N3O2/c30-26(29-23-8-4-16-27-19-23)11-5-17-31-24-9-3-6-20(18-24)12-14-22-15-13-21-7-1-2-10-25(21)28-22/h1-4,6-10,12-16,18-19H,5,11,17H2,(H,29,30)/b14-12+. The monoisotopic (exact) mass is 409 g/mol. The number of anilines is 1. The first-order valence-electron chi connectivity index (χ1n) is 10.2. The molecule has 0 saturated heterocycles. The van der Waals surface area contributed by atoms with Crippen LogP contribution in [0.4, 0.5) is 5.69 Å². The number of fused-ring (bicyclic) bond motifs is 1. The van der Waals surface area contributed by atoms with Crippen LogP contribution < -0.4 is 10.1 Å². The van der Waals surface area contributed by atoms with Gasteiger partial charge in [0.1, 0.15) is 5.75 Å². The highest BCUT2D eigenvalue weighted by Crippen LogP contribution is 2.17. The number of ether oxygens (including phenoxy) is 1. The lowest BCUT2D eigenvalue weighted by atomic mass is 10.1. The summed E-state index contributed by atoms with van der Waals surface area (Å²) in [6.45, 7) is 0.472. The maximum absolute atomic E-state index is 12.0. The number of rotatable bonds is 8. The van der Waals surface area contributed by atoms with Crippen molar-refractivity contribution in [2.45, 2.75) is 12.8 Å². The summed E-state index contributed by atoms with van der Waals surface area (Å²) in [6.07, 6.45) is 8.33. The molecule has 1 N–H and O–H groups in total. The molecule has 0 unspecified atom stereocenters. The highest BCUT2D eigenvalue weighted by atomic mass is 16.5. The number of aromatic nitrogens is 2. The van der Waals surface area contributed by atoms with Crippen molar-refractivity contribution >= 4 is 34.6 Å². The van der Waals surface area contributed by atoms with Gasteiger partial charge in [0.15, 0.2) is 0 Å². The lowest BCUT2D eigenvalue weighted by molar-refractivity contribution is -0.116. The maximum Gasteiger partial charge on any atom is 0.224 e. The number of carbonyl (C=O) groups excluding carboxylic acids is 1. The quantitative estimate of drug-likeness (QED) is 0.385. The van der Waals surface area contributed by atoms with Gasteiger partial charge in [0.2, 0.25) is 5.91 Å². The fourth-order valence-corrected chi connectivity index (χ4v) is 3.15. The number of hydrogen-bond acceptors (Lipinski definition) is 4. The molecule has 4 rings (SSSR count). The van der Waals surface area contributed by atoms with Gasteiger partial charge < -0.3 is 10.1 Å². The lowest BCUT2D eigenvalue weighted by Crippen LogP contribution is -2.12. The van der Waals surface area contributed by atoms with Crippen molar-refractivity contribution in [3.63, 3.8) is 0 Å². The van der Waals surface area contributed by atoms with Crippen molar-refractivity contribution < 1.29 is 9.53 Å². The first kappa shape index (κ1) is 20.3. The molecule has 5 nitrogen and oxygen atoms in total. The van der Waals surface area contributed by atoms with E-state index in [4.69, 9.17) is 4.74 Å². The first-order valence-corrected chi connectivity index (χ1v) is 10.2. The van der Waals surface area contributed by atoms with E-state index < -0.39 is 0 Å². The zero-order valence-corrected chi connectivity index (χ0v) is 17.1. The van der Waals surface area contributed by atoms with Gasteiger partial charge in [0.05, 0.1) is 29.7 Å². The van der Waals surface area contributed by atoms with E-state index in [-0.39, 0.29) is 5.91 Å². The van der Waals surface area contributed by atoms with E-state index >= 15 is 0 Å². The topological polar surface area (TPSA) is 64.1 Å². The molecule has 0 atom stereocenters. The molecule has 0 aliphatic heterocycles. The largest absolute Gasteiger partial charge is 0.494 e. The van der Waals surface area contributed by atoms with Crippen LogP contribution in [0.25, 0.3) is 23.1 Å². The van der Waals surface area contributed by atoms with Crippen LogP contribution in [0.3, 0.4) is 0 Å². The Labute approximate surface area is 181 Å². The summed E-state index contributed by atoms with van der Waals surface area (Å²) in [5, 5.41) is 3.95. The van der Waals surface area contributed by atoms with E-state index in [1.54, 1.807) is 18.5 Å². The summed E-state index contributed by atoms with van der Waals surface area (Å²) < 4.78 is 5.82. The van der Waals surface area contributed by atoms with Gasteiger partial charge in [-0.3, -0.25) is 9.78 Å². The molecule has 1 amide bonds. The van der Waals surface area contributed by atoms with Crippen LogP contribution in [0.15, 0.2) is 85.2 Å². The predicted octanol–water partition coefficient (Wildman–Crippen LogP) is 5.60. The minimum atomic E-state index is -0.0452. The summed E-state index contributed by atoms with van der Waals surface area (Å²) in [5.74, 6) is 0.734. The number of pyridine rings is 2. The fourth-order valence-electron chi connectivity index (χ4n) is 3.15. The Bertz CT molecular complexity index is 1190. The second-order valence-corrected chi connectivity index (χ2v) is 7.08. The normalized spacial score (nSPS) is 11.0. The molecule has 0 saturated carbocycles. The average molecular weight is 409 g/mol. The summed E-state index contributed by atoms with van der Waals surface area (Å²) in [7, 11) is 0. The third kappa shape index (κ3) is 6.00. The summed E-state index contributed by atoms with van der Waals surface area (Å²) in [4.78, 5) is 20.6. The minimum absolute atomic E-state index is 0.0452. The molecule has 2 aromatic carbocycles. The van der Waals surface area contributed by atoms with Crippen LogP contribution in [0.2, 0.25) is 0 Å². The van der Waals surface area contributed by atoms with E-state index in [0.717, 1.165) is 27.9 Å². The Morgan fingerprint density at radius 2 is 1.90 bits per heavy atom. The van der Waals surface area contributed by atoms with Gasteiger partial charge in [-0.15, -0.1) is 0 Å². The second-order valence-electron chi connectivity index (χ2n) is 7.08. The molecule has 4 aromatic rings. The van der Waals surface area contributed by atoms with Crippen LogP contribution >= 0.6 is 0 Å². The molecular formula is C26H23N3O2. The Morgan fingerprint density at radius 1 is 0.968 bits per heavy atom. The van der Waals surface area contributed by atoms with Crippen LogP contribution in [-0.2, 0) is 4.79 Å². The Kier molecular flexibility index (Phi) is 6.65. The van der Waals surface area contributed by atoms with Crippen molar-refractivity contribution in [3.8, 4) is 5.75 Å². The number of benzene rings is 2. The van der Waals surface area contributed by atoms with Crippen molar-refractivity contribution in [2.75, 3.05) is 11.9 Å². The molecule has 0 bridgehead atoms. The maximum atomic E-state index is 12.0. The zero-order valence-electron chi connectivity index (χ0n) is 17.1. The summed E-state index contributed by atoms with van der Waals surface area (Å²) in [5.41, 5.74) is 3.62. The second kappa shape index (κ2) is 10.2. The molecule has 2 heterocycles. The van der Waals surface area contributed by atoms with Gasteiger partial charge in [-0.05, 0) is 54.5 Å². The van der Waals surface area contributed by atoms with Gasteiger partial charge in [0, 0.05) is 18.0 Å². The van der Waals surface area contributed by atoms with Gasteiger partial charge in [-0.25, -0.2) is 4.98 Å². The number of nitrogens with zero attached hydrogens (tertiary/aromatic N) is 2. The predicted molar refractivity (Wildman–Crippen MR) is 125 cm³/mol. The van der Waals surface area contributed by atoms with Crippen molar-refractivity contribution in [1.82, 2.24) is 9.97 Å². The van der Waals surface area contributed by atoms with Crippen molar-refractivity contribution in [1.29, 1.82) is 0 Å². The van der Waals surface area contributed by atoms with E-state index in [0.29, 0.717) is 25.1 Å². The first-order chi connectivity index (χ1) is 15.3. The molecule has 0 aliphatic rings. The van der Waals surface area contributed by atoms with Gasteiger partial charge >= 0.3 is 0 Å². The Balaban J connectivity index is 1.27. The van der Waals surface area contributed by atoms with Crippen LogP contribution in [0, 0.1) is 0 Å². The fraction of sp³-hybridized carbons (Fsp3) is 0.115. The molecule has 5 heteroatoms. The molecule has 0 fully saturated rings. The average Bonchev–Trinajstić information content (AvgIpc) is 2.81. The number of carbonyl (C=O) groups is 1. The molecule has 0 radical (unpaired) electrons. The van der Waals surface area contributed by atoms with Crippen LogP contribution in [0.1, 0.15) is 24.1 Å². The van der Waals surface area contributed by atoms with Crippen LogP contribution in [0.5, 0.6) is 5.75 Å². The number of para-hydroxylation sites is 1. The van der Waals surface area contributed by atoms with E-state index in [9.17, 15) is 4.79 Å². The minimum Gasteiger partial charge on any atom is -0.494 e. The Hall–Kier alpha value is -3.99. The molecule has 2 aromatic heterocycles. The number of amides is 1. The third-order valence-electron chi connectivity index (χ3n) is 4.69. The molecule has 0 aliphatic carbocycles. The Morgan fingerprint density at radius 3 is 2.81 bits per heavy atom. The van der Waals surface area contributed by atoms with Gasteiger partial charge in [-0.1, -0.05) is 42.5 Å². The third-order valence-corrected chi connectivity index (χ3v) is 4.69. The summed E-state index contributed by atoms with van der Waals surface area (Å²) in [6, 6.07) is 23.6. The highest BCUT2D eigenvalue weighted by molar-refractivity contribution is 5.90. The highest BCUT2D eigenvalue weighted by Gasteiger charge is 2.03. The van der Waals surface area contributed by atoms with Crippen LogP contribution in [-0.4, -0.2) is 22.5 Å². The smallest absolute Gasteiger partial charge is 0.224 e. The van der Waals surface area contributed by atoms with E-state index in [2.05, 4.69) is 27.4 Å². The lowest BCUT2D eigenvalue weighted by Gasteiger charge is -2.07. The van der Waals surface area contributed by atoms with Gasteiger partial charge in [-0.2, -0.15) is 0 Å². The van der Waals surface area contributed by atoms with E-state index in [1.165, 1.54) is 0 Å². The molecular weight excluding hydrogens is 386 g/mol. The molecule has 154 valence electrons. The number of nitrogens with one attached hydrogen (secondary N) is 1. The molecule has 0 spiro atoms. The van der Waals surface area contributed by atoms with Gasteiger partial charge in [0.25, 0.3) is 0 Å². The summed E-state index contributed by atoms with van der Waals surface area (Å²) >= 11 is 0. The zero-order chi connectivity index (χ0) is 21.3. The SMILES string of the molecule is O=C(CCCOc1cccc(/C=C/c2ccc3ccccc3n2)c1)Nc1cccnc1. The van der Waals surface area contributed by atoms with Crippen molar-refractivity contribution in [2.24, 2.45) is 0 Å². The number of hydrogen-bond donors (Lipinski definition) is 1. The molecule has 31 heavy (non-hydrogen) atoms. The van der Waals surface area contributed by atoms with E-state index in [1.807, 2.05) is 66.7 Å².